The van der Waals surface area contributed by atoms with Crippen LogP contribution in [0.15, 0.2) is 54.6 Å². The number of carbonyl (C=O) groups excluding carboxylic acids is 2. The Morgan fingerprint density at radius 1 is 1.00 bits per heavy atom. The van der Waals surface area contributed by atoms with E-state index < -0.39 is 6.04 Å². The van der Waals surface area contributed by atoms with Crippen LogP contribution >= 0.6 is 0 Å². The molecule has 29 heavy (non-hydrogen) atoms. The van der Waals surface area contributed by atoms with Crippen molar-refractivity contribution in [3.05, 3.63) is 71.5 Å². The molecular formula is C24H31FN2O2. The molecule has 2 aromatic carbocycles. The maximum Gasteiger partial charge on any atom is 0.243 e. The summed E-state index contributed by atoms with van der Waals surface area (Å²) in [5.74, 6) is -0.697. The number of amides is 2. The van der Waals surface area contributed by atoms with Crippen LogP contribution in [0.3, 0.4) is 0 Å². The molecule has 1 N–H and O–H groups in total. The second-order valence-corrected chi connectivity index (χ2v) is 7.21. The molecule has 0 aliphatic rings. The van der Waals surface area contributed by atoms with Crippen LogP contribution in [0.1, 0.15) is 50.7 Å². The number of nitrogens with zero attached hydrogens (tertiary/aromatic N) is 1. The lowest BCUT2D eigenvalue weighted by atomic mass is 10.0. The van der Waals surface area contributed by atoms with Crippen molar-refractivity contribution in [2.24, 2.45) is 0 Å². The second-order valence-electron chi connectivity index (χ2n) is 7.21. The summed E-state index contributed by atoms with van der Waals surface area (Å²) in [6.45, 7) is 4.62. The van der Waals surface area contributed by atoms with Crippen LogP contribution in [0.2, 0.25) is 0 Å². The van der Waals surface area contributed by atoms with Crippen LogP contribution in [0.25, 0.3) is 0 Å². The Hall–Kier alpha value is -2.69. The molecule has 0 aliphatic heterocycles. The molecule has 156 valence electrons. The van der Waals surface area contributed by atoms with Crippen molar-refractivity contribution in [2.75, 3.05) is 6.54 Å². The lowest BCUT2D eigenvalue weighted by Crippen LogP contribution is -2.50. The molecule has 1 unspecified atom stereocenters. The van der Waals surface area contributed by atoms with Crippen molar-refractivity contribution in [1.29, 1.82) is 0 Å². The van der Waals surface area contributed by atoms with Gasteiger partial charge in [0.05, 0.1) is 0 Å². The van der Waals surface area contributed by atoms with Crippen molar-refractivity contribution in [3.63, 3.8) is 0 Å². The highest BCUT2D eigenvalue weighted by molar-refractivity contribution is 5.88. The average molecular weight is 399 g/mol. The summed E-state index contributed by atoms with van der Waals surface area (Å²) < 4.78 is 14.3. The third-order valence-corrected chi connectivity index (χ3v) is 4.86. The van der Waals surface area contributed by atoms with E-state index in [4.69, 9.17) is 0 Å². The van der Waals surface area contributed by atoms with Crippen molar-refractivity contribution in [2.45, 2.75) is 58.5 Å². The largest absolute Gasteiger partial charge is 0.354 e. The van der Waals surface area contributed by atoms with E-state index in [0.717, 1.165) is 18.4 Å². The van der Waals surface area contributed by atoms with Gasteiger partial charge in [0, 0.05) is 31.5 Å². The summed E-state index contributed by atoms with van der Waals surface area (Å²) in [4.78, 5) is 27.5. The maximum absolute atomic E-state index is 14.3. The fraction of sp³-hybridized carbons (Fsp3) is 0.417. The molecule has 4 nitrogen and oxygen atoms in total. The van der Waals surface area contributed by atoms with Crippen LogP contribution in [0.5, 0.6) is 0 Å². The highest BCUT2D eigenvalue weighted by Crippen LogP contribution is 2.18. The van der Waals surface area contributed by atoms with Gasteiger partial charge in [-0.05, 0) is 24.5 Å². The molecule has 2 amide bonds. The highest BCUT2D eigenvalue weighted by Gasteiger charge is 2.30. The van der Waals surface area contributed by atoms with Crippen molar-refractivity contribution in [3.8, 4) is 0 Å². The monoisotopic (exact) mass is 398 g/mol. The van der Waals surface area contributed by atoms with Crippen molar-refractivity contribution in [1.82, 2.24) is 10.2 Å². The summed E-state index contributed by atoms with van der Waals surface area (Å²) in [5, 5.41) is 2.96. The van der Waals surface area contributed by atoms with Crippen molar-refractivity contribution >= 4 is 11.8 Å². The molecule has 2 rings (SSSR count). The van der Waals surface area contributed by atoms with E-state index in [2.05, 4.69) is 12.2 Å². The number of halogens is 1. The molecule has 0 aliphatic carbocycles. The van der Waals surface area contributed by atoms with Gasteiger partial charge in [0.2, 0.25) is 11.8 Å². The fourth-order valence-electron chi connectivity index (χ4n) is 3.23. The van der Waals surface area contributed by atoms with Crippen LogP contribution in [-0.2, 0) is 22.6 Å². The Labute approximate surface area is 173 Å². The zero-order valence-corrected chi connectivity index (χ0v) is 17.4. The van der Waals surface area contributed by atoms with E-state index in [0.29, 0.717) is 31.4 Å². The van der Waals surface area contributed by atoms with Crippen LogP contribution < -0.4 is 5.32 Å². The van der Waals surface area contributed by atoms with Gasteiger partial charge in [-0.3, -0.25) is 9.59 Å². The zero-order valence-electron chi connectivity index (χ0n) is 17.4. The van der Waals surface area contributed by atoms with E-state index >= 15 is 0 Å². The molecule has 0 spiro atoms. The molecule has 0 bridgehead atoms. The number of benzene rings is 2. The third-order valence-electron chi connectivity index (χ3n) is 4.86. The second kappa shape index (κ2) is 12.0. The van der Waals surface area contributed by atoms with E-state index in [1.807, 2.05) is 37.3 Å². The SMILES string of the molecule is CCCCNC(=O)C(Cc1ccccc1)N(Cc1ccccc1F)C(=O)CCC. The topological polar surface area (TPSA) is 49.4 Å². The molecule has 0 fully saturated rings. The van der Waals surface area contributed by atoms with E-state index in [9.17, 15) is 14.0 Å². The Kier molecular flexibility index (Phi) is 9.35. The summed E-state index contributed by atoms with van der Waals surface area (Å²) in [6.07, 6.45) is 3.23. The highest BCUT2D eigenvalue weighted by atomic mass is 19.1. The van der Waals surface area contributed by atoms with Crippen LogP contribution in [0, 0.1) is 5.82 Å². The number of nitrogens with one attached hydrogen (secondary N) is 1. The van der Waals surface area contributed by atoms with Gasteiger partial charge in [-0.15, -0.1) is 0 Å². The summed E-state index contributed by atoms with van der Waals surface area (Å²) >= 11 is 0. The van der Waals surface area contributed by atoms with Gasteiger partial charge < -0.3 is 10.2 Å². The Balaban J connectivity index is 2.33. The van der Waals surface area contributed by atoms with Gasteiger partial charge in [-0.25, -0.2) is 4.39 Å². The van der Waals surface area contributed by atoms with Crippen LogP contribution in [0.4, 0.5) is 4.39 Å². The number of hydrogen-bond donors (Lipinski definition) is 1. The lowest BCUT2D eigenvalue weighted by Gasteiger charge is -2.31. The molecule has 0 saturated heterocycles. The number of hydrogen-bond acceptors (Lipinski definition) is 2. The first-order valence-corrected chi connectivity index (χ1v) is 10.4. The first-order valence-electron chi connectivity index (χ1n) is 10.4. The molecule has 0 aromatic heterocycles. The number of rotatable bonds is 11. The van der Waals surface area contributed by atoms with Gasteiger partial charge in [0.25, 0.3) is 0 Å². The van der Waals surface area contributed by atoms with Crippen LogP contribution in [-0.4, -0.2) is 29.3 Å². The summed E-state index contributed by atoms with van der Waals surface area (Å²) in [7, 11) is 0. The Morgan fingerprint density at radius 3 is 2.34 bits per heavy atom. The minimum atomic E-state index is -0.687. The normalized spacial score (nSPS) is 11.7. The van der Waals surface area contributed by atoms with Gasteiger partial charge in [0.15, 0.2) is 0 Å². The predicted molar refractivity (Wildman–Crippen MR) is 114 cm³/mol. The van der Waals surface area contributed by atoms with E-state index in [1.165, 1.54) is 11.0 Å². The maximum atomic E-state index is 14.3. The number of unbranched alkanes of at least 4 members (excludes halogenated alkanes) is 1. The third kappa shape index (κ3) is 7.00. The van der Waals surface area contributed by atoms with E-state index in [-0.39, 0.29) is 24.2 Å². The van der Waals surface area contributed by atoms with Gasteiger partial charge in [-0.2, -0.15) is 0 Å². The first-order chi connectivity index (χ1) is 14.1. The Morgan fingerprint density at radius 2 is 1.69 bits per heavy atom. The summed E-state index contributed by atoms with van der Waals surface area (Å²) in [6, 6.07) is 15.3. The molecule has 5 heteroatoms. The van der Waals surface area contributed by atoms with Gasteiger partial charge in [0.1, 0.15) is 11.9 Å². The Bertz CT molecular complexity index is 779. The van der Waals surface area contributed by atoms with E-state index in [1.54, 1.807) is 18.2 Å². The standard InChI is InChI=1S/C24H31FN2O2/c1-3-5-16-26-24(29)22(17-19-12-7-6-8-13-19)27(23(28)11-4-2)18-20-14-9-10-15-21(20)25/h6-10,12-15,22H,3-5,11,16-18H2,1-2H3,(H,26,29). The minimum Gasteiger partial charge on any atom is -0.354 e. The minimum absolute atomic E-state index is 0.0736. The quantitative estimate of drug-likeness (QED) is 0.567. The molecule has 1 atom stereocenters. The van der Waals surface area contributed by atoms with Gasteiger partial charge >= 0.3 is 0 Å². The average Bonchev–Trinajstić information content (AvgIpc) is 2.73. The molecule has 2 aromatic rings. The number of carbonyl (C=O) groups is 2. The van der Waals surface area contributed by atoms with Crippen molar-refractivity contribution < 1.29 is 14.0 Å². The zero-order chi connectivity index (χ0) is 21.1. The summed E-state index contributed by atoms with van der Waals surface area (Å²) in [5.41, 5.74) is 1.38. The predicted octanol–water partition coefficient (Wildman–Crippen LogP) is 4.48. The molecule has 0 saturated carbocycles. The molecular weight excluding hydrogens is 367 g/mol. The fourth-order valence-corrected chi connectivity index (χ4v) is 3.23. The first kappa shape index (κ1) is 22.6. The molecule has 0 radical (unpaired) electrons. The van der Waals surface area contributed by atoms with Gasteiger partial charge in [-0.1, -0.05) is 68.8 Å². The smallest absolute Gasteiger partial charge is 0.243 e. The lowest BCUT2D eigenvalue weighted by molar-refractivity contribution is -0.141. The molecule has 0 heterocycles.